The van der Waals surface area contributed by atoms with Crippen LogP contribution in [0.15, 0.2) is 60.3 Å². The van der Waals surface area contributed by atoms with Gasteiger partial charge in [-0.15, -0.1) is 0 Å². The standard InChI is InChI=1S/C70H133N21O2/c1-10-38-89(82-57-61-93-62-58-82)68(73-76-54-53-74(64-76)41-33-37-71,63-77(13-4)83-50-26-19-34-65(83)8)69(86(14-5)81-55-59-92-60-56-81,90(39-11-2)84-51-27-20-35-66(84)9)67(72-75-42-29-30-43-75)36-21-28-52-85(67)70(88(16-7)79-48-31-32-49-79,87(15-6)78-44-22-17-23-45-78)91(40-12-3)80-46-24-18-25-47-80/h19-20,26-27,34-35,53-54,72-73H,10-18,21-25,28-33,36-52,55-64,71H2,1-9H3. The van der Waals surface area contributed by atoms with E-state index in [1.807, 2.05) is 0 Å². The lowest BCUT2D eigenvalue weighted by atomic mass is 9.71. The monoisotopic (exact) mass is 1300 g/mol. The van der Waals surface area contributed by atoms with E-state index in [2.05, 4.69) is 201 Å². The lowest BCUT2D eigenvalue weighted by Crippen LogP contribution is -3.01. The summed E-state index contributed by atoms with van der Waals surface area (Å²) in [5.74, 6) is -0.875. The SMILES string of the molecule is CCCN(N1CCCCC1)C(N(CC)N1CCCCC1)(N(CC)N1CCCC1)N1CCCCC1(NN1CCCC1)C(N(CC)N1CCOCC1)(N(CCC)N1CC=CC=C1C)C(CN(CC)N1CC=CC=C1C)(NN1C=CN(CCCN)C1)N(CCC)N1CCOCC1. The summed E-state index contributed by atoms with van der Waals surface area (Å²) in [5.41, 5.74) is 15.9. The molecule has 0 aromatic heterocycles. The van der Waals surface area contributed by atoms with Gasteiger partial charge in [-0.3, -0.25) is 5.01 Å². The fourth-order valence-electron chi connectivity index (χ4n) is 18.1. The van der Waals surface area contributed by atoms with Crippen LogP contribution in [-0.2, 0) is 9.47 Å². The van der Waals surface area contributed by atoms with Gasteiger partial charge in [0.2, 0.25) is 5.91 Å². The molecular formula is C70H133N21O2. The predicted molar refractivity (Wildman–Crippen MR) is 376 cm³/mol. The van der Waals surface area contributed by atoms with Gasteiger partial charge in [0, 0.05) is 161 Å². The molecule has 530 valence electrons. The second kappa shape index (κ2) is 35.3. The van der Waals surface area contributed by atoms with Crippen molar-refractivity contribution in [3.63, 3.8) is 0 Å². The third-order valence-electron chi connectivity index (χ3n) is 22.0. The summed E-state index contributed by atoms with van der Waals surface area (Å²) in [6, 6.07) is 0. The first-order chi connectivity index (χ1) is 45.6. The molecular weight excluding hydrogens is 1170 g/mol. The van der Waals surface area contributed by atoms with E-state index >= 15 is 0 Å². The van der Waals surface area contributed by atoms with Crippen molar-refractivity contribution in [1.82, 2.24) is 101 Å². The number of nitrogens with two attached hydrogens (primary N) is 1. The molecule has 10 heterocycles. The molecule has 0 aliphatic carbocycles. The van der Waals surface area contributed by atoms with Crippen LogP contribution in [0.5, 0.6) is 0 Å². The third kappa shape index (κ3) is 15.0. The molecule has 23 nitrogen and oxygen atoms in total. The Bertz CT molecular complexity index is 2370. The van der Waals surface area contributed by atoms with E-state index in [1.54, 1.807) is 0 Å². The maximum atomic E-state index is 6.65. The number of likely N-dealkylation sites (tertiary alicyclic amines) is 1. The Morgan fingerprint density at radius 3 is 1.53 bits per heavy atom. The molecule has 4 unspecified atom stereocenters. The van der Waals surface area contributed by atoms with Crippen LogP contribution in [0.3, 0.4) is 0 Å². The van der Waals surface area contributed by atoms with E-state index in [-0.39, 0.29) is 0 Å². The first kappa shape index (κ1) is 72.9. The normalized spacial score (nSPS) is 26.4. The van der Waals surface area contributed by atoms with Gasteiger partial charge in [0.05, 0.1) is 46.1 Å². The van der Waals surface area contributed by atoms with E-state index in [1.165, 1.54) is 62.8 Å². The van der Waals surface area contributed by atoms with Crippen LogP contribution in [-0.4, -0.2) is 310 Å². The van der Waals surface area contributed by atoms with Gasteiger partial charge in [-0.1, -0.05) is 85.6 Å². The van der Waals surface area contributed by atoms with E-state index in [0.29, 0.717) is 46.2 Å². The summed E-state index contributed by atoms with van der Waals surface area (Å²) in [6.45, 7) is 47.0. The summed E-state index contributed by atoms with van der Waals surface area (Å²) in [7, 11) is 0. The fraction of sp³-hybridized carbons (Fsp3) is 0.857. The highest BCUT2D eigenvalue weighted by atomic mass is 16.5. The van der Waals surface area contributed by atoms with Crippen LogP contribution in [0, 0.1) is 0 Å². The van der Waals surface area contributed by atoms with Gasteiger partial charge in [0.15, 0.2) is 11.3 Å². The molecule has 0 amide bonds. The Morgan fingerprint density at radius 2 is 1.00 bits per heavy atom. The van der Waals surface area contributed by atoms with Crippen LogP contribution in [0.2, 0.25) is 0 Å². The summed E-state index contributed by atoms with van der Waals surface area (Å²) in [4.78, 5) is 5.80. The fourth-order valence-corrected chi connectivity index (χ4v) is 18.1. The zero-order chi connectivity index (χ0) is 65.3. The molecule has 0 spiro atoms. The number of hydrogen-bond donors (Lipinski definition) is 3. The second-order valence-corrected chi connectivity index (χ2v) is 27.8. The molecule has 10 aliphatic heterocycles. The number of rotatable bonds is 35. The molecule has 7 fully saturated rings. The number of hydrogen-bond acceptors (Lipinski definition) is 23. The number of hydrazine groups is 9. The molecule has 10 rings (SSSR count). The van der Waals surface area contributed by atoms with Gasteiger partial charge in [0.25, 0.3) is 0 Å². The zero-order valence-corrected chi connectivity index (χ0v) is 60.3. The van der Waals surface area contributed by atoms with Crippen molar-refractivity contribution >= 4 is 0 Å². The van der Waals surface area contributed by atoms with Crippen molar-refractivity contribution in [3.05, 3.63) is 60.3 Å². The van der Waals surface area contributed by atoms with Crippen molar-refractivity contribution in [2.45, 2.75) is 194 Å². The van der Waals surface area contributed by atoms with Gasteiger partial charge in [-0.05, 0) is 129 Å². The first-order valence-electron chi connectivity index (χ1n) is 38.1. The minimum atomic E-state index is -1.13. The first-order valence-corrected chi connectivity index (χ1v) is 38.1. The molecule has 0 radical (unpaired) electrons. The van der Waals surface area contributed by atoms with Gasteiger partial charge >= 0.3 is 0 Å². The Labute approximate surface area is 564 Å². The second-order valence-electron chi connectivity index (χ2n) is 27.8. The predicted octanol–water partition coefficient (Wildman–Crippen LogP) is 6.78. The molecule has 4 atom stereocenters. The quantitative estimate of drug-likeness (QED) is 0.0577. The number of likely N-dealkylation sites (N-methyl/N-ethyl adjacent to an activating group) is 2. The van der Waals surface area contributed by atoms with E-state index < -0.39 is 22.9 Å². The van der Waals surface area contributed by atoms with E-state index in [4.69, 9.17) is 26.1 Å². The zero-order valence-electron chi connectivity index (χ0n) is 60.3. The minimum Gasteiger partial charge on any atom is -0.379 e. The van der Waals surface area contributed by atoms with E-state index in [9.17, 15) is 0 Å². The van der Waals surface area contributed by atoms with Crippen LogP contribution < -0.4 is 16.6 Å². The molecule has 0 aromatic carbocycles. The van der Waals surface area contributed by atoms with Crippen LogP contribution in [0.25, 0.3) is 0 Å². The Kier molecular flexibility index (Phi) is 27.6. The summed E-state index contributed by atoms with van der Waals surface area (Å²) in [6.07, 6.45) is 37.7. The largest absolute Gasteiger partial charge is 0.379 e. The number of morpholine rings is 2. The average Bonchev–Trinajstić information content (AvgIpc) is 1.15. The highest BCUT2D eigenvalue weighted by Gasteiger charge is 2.80. The summed E-state index contributed by atoms with van der Waals surface area (Å²) in [5, 5.41) is 46.1. The molecule has 0 bridgehead atoms. The van der Waals surface area contributed by atoms with Crippen molar-refractivity contribution < 1.29 is 9.47 Å². The lowest BCUT2D eigenvalue weighted by molar-refractivity contribution is -0.449. The van der Waals surface area contributed by atoms with Gasteiger partial charge in [-0.25, -0.2) is 60.8 Å². The summed E-state index contributed by atoms with van der Waals surface area (Å²) >= 11 is 0. The number of nitrogens with one attached hydrogen (secondary N) is 2. The molecule has 7 saturated heterocycles. The summed E-state index contributed by atoms with van der Waals surface area (Å²) < 4.78 is 13.2. The molecule has 0 aromatic rings. The number of ether oxygens (including phenoxy) is 2. The number of nitrogens with zero attached hydrogens (tertiary/aromatic N) is 18. The highest BCUT2D eigenvalue weighted by Crippen LogP contribution is 2.56. The number of allylic oxidation sites excluding steroid dienone is 6. The Hall–Kier alpha value is -2.86. The third-order valence-corrected chi connectivity index (χ3v) is 22.0. The molecule has 93 heavy (non-hydrogen) atoms. The van der Waals surface area contributed by atoms with Crippen molar-refractivity contribution in [2.75, 3.05) is 197 Å². The molecule has 0 saturated carbocycles. The maximum Gasteiger partial charge on any atom is 0.232 e. The topological polar surface area (TPSA) is 127 Å². The van der Waals surface area contributed by atoms with E-state index in [0.717, 1.165) is 208 Å². The average molecular weight is 1300 g/mol. The highest BCUT2D eigenvalue weighted by molar-refractivity contribution is 5.28. The smallest absolute Gasteiger partial charge is 0.232 e. The van der Waals surface area contributed by atoms with Crippen LogP contribution in [0.1, 0.15) is 171 Å². The van der Waals surface area contributed by atoms with Crippen molar-refractivity contribution in [2.24, 2.45) is 5.73 Å². The number of piperidine rings is 3. The molecule has 10 aliphatic rings. The van der Waals surface area contributed by atoms with Crippen LogP contribution in [0.4, 0.5) is 0 Å². The molecule has 23 heteroatoms. The Balaban J connectivity index is 1.48. The lowest BCUT2D eigenvalue weighted by Gasteiger charge is -2.78. The minimum absolute atomic E-state index is 0.614. The van der Waals surface area contributed by atoms with Crippen molar-refractivity contribution in [3.8, 4) is 0 Å². The van der Waals surface area contributed by atoms with Crippen molar-refractivity contribution in [1.29, 1.82) is 0 Å². The van der Waals surface area contributed by atoms with Crippen LogP contribution >= 0.6 is 0 Å². The van der Waals surface area contributed by atoms with Gasteiger partial charge in [-0.2, -0.15) is 20.0 Å². The Morgan fingerprint density at radius 1 is 0.516 bits per heavy atom. The maximum absolute atomic E-state index is 6.65. The molecule has 4 N–H and O–H groups in total. The van der Waals surface area contributed by atoms with Gasteiger partial charge < -0.3 is 30.1 Å². The van der Waals surface area contributed by atoms with Gasteiger partial charge in [0.1, 0.15) is 12.3 Å².